The number of rotatable bonds is 6. The van der Waals surface area contributed by atoms with E-state index in [1.54, 1.807) is 4.57 Å². The van der Waals surface area contributed by atoms with Crippen molar-refractivity contribution in [1.82, 2.24) is 14.8 Å². The fourth-order valence-corrected chi connectivity index (χ4v) is 7.68. The van der Waals surface area contributed by atoms with Crippen molar-refractivity contribution in [2.75, 3.05) is 13.1 Å². The highest BCUT2D eigenvalue weighted by Gasteiger charge is 2.32. The summed E-state index contributed by atoms with van der Waals surface area (Å²) in [7, 11) is -1.45. The van der Waals surface area contributed by atoms with Gasteiger partial charge in [0.2, 0.25) is 9.04 Å². The number of nitrogens with zero attached hydrogens (tertiary/aromatic N) is 2. The minimum Gasteiger partial charge on any atom is -0.546 e. The topological polar surface area (TPSA) is 72.8 Å². The summed E-state index contributed by atoms with van der Waals surface area (Å²) in [6, 6.07) is 18.8. The molecule has 1 N–H and O–H groups in total. The number of benzene rings is 3. The summed E-state index contributed by atoms with van der Waals surface area (Å²) in [6.45, 7) is 20.1. The SMILES string of the molecule is C[SiH](C)Oc1c(-c2ccc(-c3cc4cc(CN5CCCCC5)ccc4n3C(=O)OC(C)(C)C)c3c2CNC3=O)cccc1C(C)(C)C. The number of carbonyl (C=O) groups excluding carboxylic acids is 2. The number of fused-ring (bicyclic) bond motifs is 2. The summed E-state index contributed by atoms with van der Waals surface area (Å²) in [5, 5.41) is 4.03. The van der Waals surface area contributed by atoms with E-state index in [0.717, 1.165) is 58.5 Å². The van der Waals surface area contributed by atoms with Crippen LogP contribution in [0.25, 0.3) is 33.3 Å². The summed E-state index contributed by atoms with van der Waals surface area (Å²) >= 11 is 0. The number of hydrogen-bond acceptors (Lipinski definition) is 5. The van der Waals surface area contributed by atoms with Gasteiger partial charge in [0.05, 0.1) is 16.8 Å². The van der Waals surface area contributed by atoms with Gasteiger partial charge in [0, 0.05) is 29.6 Å². The summed E-state index contributed by atoms with van der Waals surface area (Å²) in [6.07, 6.45) is 3.30. The van der Waals surface area contributed by atoms with Crippen molar-refractivity contribution < 1.29 is 18.8 Å². The van der Waals surface area contributed by atoms with Crippen molar-refractivity contribution >= 4 is 31.9 Å². The van der Waals surface area contributed by atoms with E-state index in [9.17, 15) is 9.59 Å². The van der Waals surface area contributed by atoms with Crippen LogP contribution in [-0.2, 0) is 23.2 Å². The quantitative estimate of drug-likeness (QED) is 0.211. The van der Waals surface area contributed by atoms with Crippen LogP contribution >= 0.6 is 0 Å². The molecule has 7 nitrogen and oxygen atoms in total. The molecule has 3 aromatic carbocycles. The smallest absolute Gasteiger partial charge is 0.419 e. The zero-order chi connectivity index (χ0) is 33.7. The molecule has 2 aliphatic heterocycles. The number of nitrogens with one attached hydrogen (secondary N) is 1. The second-order valence-electron chi connectivity index (χ2n) is 15.4. The van der Waals surface area contributed by atoms with E-state index in [4.69, 9.17) is 9.16 Å². The Bertz CT molecular complexity index is 1840. The van der Waals surface area contributed by atoms with E-state index in [2.05, 4.69) is 80.5 Å². The molecule has 4 aromatic rings. The lowest BCUT2D eigenvalue weighted by atomic mass is 9.83. The van der Waals surface area contributed by atoms with Gasteiger partial charge < -0.3 is 14.5 Å². The average Bonchev–Trinajstić information content (AvgIpc) is 3.56. The minimum absolute atomic E-state index is 0.118. The van der Waals surface area contributed by atoms with E-state index >= 15 is 0 Å². The number of amides is 1. The molecule has 0 spiro atoms. The zero-order valence-corrected chi connectivity index (χ0v) is 30.4. The second-order valence-corrected chi connectivity index (χ2v) is 17.7. The number of carbonyl (C=O) groups is 2. The van der Waals surface area contributed by atoms with Crippen LogP contribution in [0, 0.1) is 0 Å². The first-order valence-electron chi connectivity index (χ1n) is 17.1. The average molecular weight is 652 g/mol. The van der Waals surface area contributed by atoms with Crippen molar-refractivity contribution in [3.63, 3.8) is 0 Å². The molecule has 0 unspecified atom stereocenters. The van der Waals surface area contributed by atoms with Gasteiger partial charge in [-0.25, -0.2) is 9.36 Å². The largest absolute Gasteiger partial charge is 0.546 e. The summed E-state index contributed by atoms with van der Waals surface area (Å²) in [5.41, 5.74) is 7.17. The predicted octanol–water partition coefficient (Wildman–Crippen LogP) is 8.65. The molecule has 1 saturated heterocycles. The number of para-hydroxylation sites is 1. The third-order valence-electron chi connectivity index (χ3n) is 9.01. The van der Waals surface area contributed by atoms with Crippen LogP contribution in [0.1, 0.15) is 87.9 Å². The van der Waals surface area contributed by atoms with Crippen molar-refractivity contribution in [3.05, 3.63) is 76.9 Å². The Morgan fingerprint density at radius 2 is 1.62 bits per heavy atom. The fourth-order valence-electron chi connectivity index (χ4n) is 6.96. The minimum atomic E-state index is -1.45. The highest BCUT2D eigenvalue weighted by atomic mass is 28.3. The maximum absolute atomic E-state index is 13.9. The monoisotopic (exact) mass is 651 g/mol. The standard InChI is InChI=1S/C39H49N3O4Si/c1-38(2,3)31-14-12-13-28(35(31)46-47(7)8)27-16-17-29(34-30(27)23-40-36(34)43)33-22-26-21-25(24-41-19-10-9-11-20-41)15-18-32(26)42(33)37(44)45-39(4,5)6/h12-18,21-22,47H,9-11,19-20,23-24H2,1-8H3,(H,40,43). The molecule has 248 valence electrons. The van der Waals surface area contributed by atoms with Gasteiger partial charge in [0.25, 0.3) is 5.91 Å². The van der Waals surface area contributed by atoms with Crippen LogP contribution < -0.4 is 9.74 Å². The van der Waals surface area contributed by atoms with E-state index in [-0.39, 0.29) is 11.3 Å². The van der Waals surface area contributed by atoms with Crippen molar-refractivity contribution in [2.45, 2.75) is 98.0 Å². The van der Waals surface area contributed by atoms with Gasteiger partial charge in [0.15, 0.2) is 0 Å². The predicted molar refractivity (Wildman–Crippen MR) is 193 cm³/mol. The van der Waals surface area contributed by atoms with E-state index in [0.29, 0.717) is 23.4 Å². The maximum atomic E-state index is 13.9. The third kappa shape index (κ3) is 6.76. The van der Waals surface area contributed by atoms with Gasteiger partial charge >= 0.3 is 6.09 Å². The molecule has 3 heterocycles. The normalized spacial score (nSPS) is 15.6. The van der Waals surface area contributed by atoms with E-state index in [1.165, 1.54) is 24.8 Å². The molecule has 47 heavy (non-hydrogen) atoms. The van der Waals surface area contributed by atoms with Gasteiger partial charge in [-0.15, -0.1) is 0 Å². The van der Waals surface area contributed by atoms with Crippen LogP contribution in [0.5, 0.6) is 5.75 Å². The maximum Gasteiger partial charge on any atom is 0.419 e. The molecule has 1 fully saturated rings. The molecule has 0 atom stereocenters. The summed E-state index contributed by atoms with van der Waals surface area (Å²) < 4.78 is 14.2. The first kappa shape index (κ1) is 33.0. The lowest BCUT2D eigenvalue weighted by molar-refractivity contribution is 0.0547. The molecular formula is C39H49N3O4Si. The fraction of sp³-hybridized carbons (Fsp3) is 0.436. The molecule has 6 rings (SSSR count). The molecular weight excluding hydrogens is 603 g/mol. The first-order chi connectivity index (χ1) is 22.2. The number of aromatic nitrogens is 1. The Kier molecular flexibility index (Phi) is 8.87. The van der Waals surface area contributed by atoms with Gasteiger partial charge in [-0.1, -0.05) is 63.6 Å². The van der Waals surface area contributed by atoms with Gasteiger partial charge in [0.1, 0.15) is 11.4 Å². The van der Waals surface area contributed by atoms with Crippen molar-refractivity contribution in [1.29, 1.82) is 0 Å². The van der Waals surface area contributed by atoms with E-state index in [1.807, 2.05) is 39.0 Å². The highest BCUT2D eigenvalue weighted by Crippen LogP contribution is 2.44. The van der Waals surface area contributed by atoms with Crippen LogP contribution in [0.15, 0.2) is 54.6 Å². The van der Waals surface area contributed by atoms with Gasteiger partial charge in [-0.3, -0.25) is 9.69 Å². The summed E-state index contributed by atoms with van der Waals surface area (Å²) in [4.78, 5) is 30.1. The lowest BCUT2D eigenvalue weighted by Gasteiger charge is -2.27. The molecule has 1 aromatic heterocycles. The molecule has 0 radical (unpaired) electrons. The number of ether oxygens (including phenoxy) is 1. The van der Waals surface area contributed by atoms with Crippen LogP contribution in [-0.4, -0.2) is 49.2 Å². The number of piperidine rings is 1. The second kappa shape index (κ2) is 12.6. The molecule has 0 aliphatic carbocycles. The van der Waals surface area contributed by atoms with E-state index < -0.39 is 20.7 Å². The molecule has 8 heteroatoms. The Hall–Kier alpha value is -3.88. The van der Waals surface area contributed by atoms with Gasteiger partial charge in [-0.05, 0) is 106 Å². The van der Waals surface area contributed by atoms with Crippen LogP contribution in [0.2, 0.25) is 13.1 Å². The molecule has 0 bridgehead atoms. The van der Waals surface area contributed by atoms with Crippen LogP contribution in [0.4, 0.5) is 4.79 Å². The van der Waals surface area contributed by atoms with Crippen molar-refractivity contribution in [3.8, 4) is 28.1 Å². The van der Waals surface area contributed by atoms with Crippen LogP contribution in [0.3, 0.4) is 0 Å². The molecule has 1 amide bonds. The Morgan fingerprint density at radius 1 is 0.894 bits per heavy atom. The Morgan fingerprint density at radius 3 is 2.30 bits per heavy atom. The highest BCUT2D eigenvalue weighted by molar-refractivity contribution is 6.49. The molecule has 0 saturated carbocycles. The van der Waals surface area contributed by atoms with Gasteiger partial charge in [-0.2, -0.15) is 0 Å². The summed E-state index contributed by atoms with van der Waals surface area (Å²) in [5.74, 6) is 0.761. The Labute approximate surface area is 281 Å². The van der Waals surface area contributed by atoms with Crippen molar-refractivity contribution in [2.24, 2.45) is 0 Å². The Balaban J connectivity index is 1.53. The third-order valence-corrected chi connectivity index (χ3v) is 9.71. The first-order valence-corrected chi connectivity index (χ1v) is 19.8. The number of likely N-dealkylation sites (tertiary alicyclic amines) is 1. The number of hydrogen-bond donors (Lipinski definition) is 1. The molecule has 2 aliphatic rings. The zero-order valence-electron chi connectivity index (χ0n) is 29.3. The lowest BCUT2D eigenvalue weighted by Crippen LogP contribution is -2.29.